The molecule has 0 aliphatic rings. The molecule has 12 heavy (non-hydrogen) atoms. The van der Waals surface area contributed by atoms with Crippen LogP contribution in [0.15, 0.2) is 12.5 Å². The van der Waals surface area contributed by atoms with Gasteiger partial charge in [0.2, 0.25) is 0 Å². The molecule has 0 fully saturated rings. The van der Waals surface area contributed by atoms with Crippen LogP contribution in [-0.4, -0.2) is 29.0 Å². The summed E-state index contributed by atoms with van der Waals surface area (Å²) in [5.74, 6) is 0. The SMILES string of the molecule is CSSC.NCCc1c[nH]cn1. The zero-order valence-corrected chi connectivity index (χ0v) is 9.04. The van der Waals surface area contributed by atoms with Crippen molar-refractivity contribution in [1.82, 2.24) is 9.97 Å². The molecule has 5 heteroatoms. The third-order valence-electron chi connectivity index (χ3n) is 1.12. The summed E-state index contributed by atoms with van der Waals surface area (Å²) in [6.07, 6.45) is 8.50. The smallest absolute Gasteiger partial charge is 0.0923 e. The first-order valence-electron chi connectivity index (χ1n) is 3.59. The van der Waals surface area contributed by atoms with Crippen LogP contribution in [0.4, 0.5) is 0 Å². The van der Waals surface area contributed by atoms with E-state index in [4.69, 9.17) is 5.73 Å². The van der Waals surface area contributed by atoms with Gasteiger partial charge in [0, 0.05) is 12.6 Å². The Hall–Kier alpha value is -0.130. The van der Waals surface area contributed by atoms with E-state index in [0.717, 1.165) is 12.1 Å². The van der Waals surface area contributed by atoms with Crippen molar-refractivity contribution >= 4 is 21.6 Å². The van der Waals surface area contributed by atoms with Crippen molar-refractivity contribution in [1.29, 1.82) is 0 Å². The number of aromatic nitrogens is 2. The Bertz CT molecular complexity index is 163. The molecule has 0 bridgehead atoms. The quantitative estimate of drug-likeness (QED) is 0.735. The number of imidazole rings is 1. The highest BCUT2D eigenvalue weighted by molar-refractivity contribution is 8.76. The predicted octanol–water partition coefficient (Wildman–Crippen LogP) is 1.54. The van der Waals surface area contributed by atoms with Crippen LogP contribution < -0.4 is 5.73 Å². The number of rotatable bonds is 3. The van der Waals surface area contributed by atoms with E-state index in [-0.39, 0.29) is 0 Å². The summed E-state index contributed by atoms with van der Waals surface area (Å²) in [7, 11) is 3.55. The number of hydrogen-bond donors (Lipinski definition) is 2. The third kappa shape index (κ3) is 6.57. The third-order valence-corrected chi connectivity index (χ3v) is 2.46. The van der Waals surface area contributed by atoms with Crippen LogP contribution in [0.5, 0.6) is 0 Å². The van der Waals surface area contributed by atoms with E-state index in [9.17, 15) is 0 Å². The molecule has 0 aliphatic carbocycles. The molecule has 0 aromatic carbocycles. The average Bonchev–Trinajstić information content (AvgIpc) is 2.58. The van der Waals surface area contributed by atoms with Gasteiger partial charge in [-0.05, 0) is 19.1 Å². The molecule has 0 atom stereocenters. The minimum absolute atomic E-state index is 0.671. The van der Waals surface area contributed by atoms with Gasteiger partial charge in [0.1, 0.15) is 0 Å². The zero-order valence-electron chi connectivity index (χ0n) is 7.41. The van der Waals surface area contributed by atoms with Crippen molar-refractivity contribution in [3.63, 3.8) is 0 Å². The monoisotopic (exact) mass is 205 g/mol. The van der Waals surface area contributed by atoms with Crippen LogP contribution in [-0.2, 0) is 6.42 Å². The summed E-state index contributed by atoms with van der Waals surface area (Å²) >= 11 is 0. The molecule has 0 amide bonds. The number of nitrogens with zero attached hydrogens (tertiary/aromatic N) is 1. The second-order valence-corrected chi connectivity index (χ2v) is 4.60. The molecular weight excluding hydrogens is 190 g/mol. The van der Waals surface area contributed by atoms with Gasteiger partial charge < -0.3 is 10.7 Å². The van der Waals surface area contributed by atoms with Gasteiger partial charge in [-0.3, -0.25) is 0 Å². The molecule has 0 spiro atoms. The fraction of sp³-hybridized carbons (Fsp3) is 0.571. The average molecular weight is 205 g/mol. The van der Waals surface area contributed by atoms with Gasteiger partial charge in [-0.15, -0.1) is 0 Å². The van der Waals surface area contributed by atoms with Gasteiger partial charge in [-0.25, -0.2) is 4.98 Å². The Morgan fingerprint density at radius 2 is 2.17 bits per heavy atom. The molecule has 0 unspecified atom stereocenters. The lowest BCUT2D eigenvalue weighted by Crippen LogP contribution is -2.02. The fourth-order valence-electron chi connectivity index (χ4n) is 0.576. The highest BCUT2D eigenvalue weighted by Crippen LogP contribution is 2.09. The number of hydrogen-bond acceptors (Lipinski definition) is 4. The molecule has 1 rings (SSSR count). The molecule has 0 saturated carbocycles. The highest BCUT2D eigenvalue weighted by atomic mass is 33.1. The van der Waals surface area contributed by atoms with Crippen LogP contribution >= 0.6 is 21.6 Å². The maximum absolute atomic E-state index is 5.27. The first kappa shape index (κ1) is 11.9. The Labute approximate surface area is 81.3 Å². The molecule has 1 aromatic heterocycles. The zero-order chi connectivity index (χ0) is 9.23. The highest BCUT2D eigenvalue weighted by Gasteiger charge is 1.87. The van der Waals surface area contributed by atoms with E-state index in [1.54, 1.807) is 27.9 Å². The van der Waals surface area contributed by atoms with E-state index >= 15 is 0 Å². The Balaban J connectivity index is 0.000000261. The lowest BCUT2D eigenvalue weighted by molar-refractivity contribution is 0.935. The largest absolute Gasteiger partial charge is 0.351 e. The van der Waals surface area contributed by atoms with E-state index in [2.05, 4.69) is 22.5 Å². The van der Waals surface area contributed by atoms with Crippen LogP contribution in [0.25, 0.3) is 0 Å². The van der Waals surface area contributed by atoms with Crippen LogP contribution in [0.2, 0.25) is 0 Å². The van der Waals surface area contributed by atoms with Crippen molar-refractivity contribution in [2.45, 2.75) is 6.42 Å². The number of nitrogens with one attached hydrogen (secondary N) is 1. The van der Waals surface area contributed by atoms with Crippen LogP contribution in [0.3, 0.4) is 0 Å². The lowest BCUT2D eigenvalue weighted by atomic mass is 10.3. The topological polar surface area (TPSA) is 54.7 Å². The Kier molecular flexibility index (Phi) is 8.86. The van der Waals surface area contributed by atoms with Gasteiger partial charge in [-0.1, -0.05) is 21.6 Å². The van der Waals surface area contributed by atoms with Crippen molar-refractivity contribution in [2.24, 2.45) is 5.73 Å². The van der Waals surface area contributed by atoms with Crippen molar-refractivity contribution < 1.29 is 0 Å². The number of nitrogens with two attached hydrogens (primary N) is 1. The standard InChI is InChI=1S/C5H9N3.C2H6S2/c6-2-1-5-3-7-4-8-5;1-3-4-2/h3-4H,1-2,6H2,(H,7,8);1-2H3. The first-order chi connectivity index (χ1) is 5.85. The maximum Gasteiger partial charge on any atom is 0.0923 e. The molecule has 1 aromatic rings. The summed E-state index contributed by atoms with van der Waals surface area (Å²) < 4.78 is 0. The van der Waals surface area contributed by atoms with Gasteiger partial charge in [0.25, 0.3) is 0 Å². The number of H-pyrrole nitrogens is 1. The number of aromatic amines is 1. The normalized spacial score (nSPS) is 8.92. The van der Waals surface area contributed by atoms with E-state index in [0.29, 0.717) is 6.54 Å². The minimum atomic E-state index is 0.671. The second-order valence-electron chi connectivity index (χ2n) is 1.93. The first-order valence-corrected chi connectivity index (χ1v) is 6.56. The van der Waals surface area contributed by atoms with Crippen molar-refractivity contribution in [3.8, 4) is 0 Å². The summed E-state index contributed by atoms with van der Waals surface area (Å²) in [6, 6.07) is 0. The molecule has 1 heterocycles. The molecular formula is C7H15N3S2. The molecule has 0 aliphatic heterocycles. The van der Waals surface area contributed by atoms with Crippen LogP contribution in [0.1, 0.15) is 5.69 Å². The Morgan fingerprint density at radius 1 is 1.50 bits per heavy atom. The summed E-state index contributed by atoms with van der Waals surface area (Å²) in [5.41, 5.74) is 6.30. The maximum atomic E-state index is 5.27. The van der Waals surface area contributed by atoms with Crippen molar-refractivity contribution in [3.05, 3.63) is 18.2 Å². The lowest BCUT2D eigenvalue weighted by Gasteiger charge is -1.85. The van der Waals surface area contributed by atoms with Gasteiger partial charge >= 0.3 is 0 Å². The molecule has 70 valence electrons. The summed E-state index contributed by atoms with van der Waals surface area (Å²) in [5, 5.41) is 0. The summed E-state index contributed by atoms with van der Waals surface area (Å²) in [4.78, 5) is 6.82. The van der Waals surface area contributed by atoms with Gasteiger partial charge in [-0.2, -0.15) is 0 Å². The van der Waals surface area contributed by atoms with E-state index < -0.39 is 0 Å². The minimum Gasteiger partial charge on any atom is -0.351 e. The predicted molar refractivity (Wildman–Crippen MR) is 58.4 cm³/mol. The van der Waals surface area contributed by atoms with Crippen molar-refractivity contribution in [2.75, 3.05) is 19.1 Å². The molecule has 0 saturated heterocycles. The van der Waals surface area contributed by atoms with Gasteiger partial charge in [0.15, 0.2) is 0 Å². The van der Waals surface area contributed by atoms with Crippen LogP contribution in [0, 0.1) is 0 Å². The van der Waals surface area contributed by atoms with E-state index in [1.165, 1.54) is 0 Å². The fourth-order valence-corrected chi connectivity index (χ4v) is 0.576. The molecule has 0 radical (unpaired) electrons. The second kappa shape index (κ2) is 8.96. The van der Waals surface area contributed by atoms with Gasteiger partial charge in [0.05, 0.1) is 12.0 Å². The molecule has 3 N–H and O–H groups in total. The van der Waals surface area contributed by atoms with E-state index in [1.807, 2.05) is 6.20 Å². The summed E-state index contributed by atoms with van der Waals surface area (Å²) in [6.45, 7) is 0.671. The Morgan fingerprint density at radius 3 is 2.50 bits per heavy atom. The molecule has 3 nitrogen and oxygen atoms in total.